The Bertz CT molecular complexity index is 2790. The zero-order valence-electron chi connectivity index (χ0n) is 30.3. The highest BCUT2D eigenvalue weighted by Crippen LogP contribution is 2.39. The van der Waals surface area contributed by atoms with E-state index in [9.17, 15) is 34.2 Å². The van der Waals surface area contributed by atoms with Crippen molar-refractivity contribution in [3.63, 3.8) is 0 Å². The van der Waals surface area contributed by atoms with Gasteiger partial charge in [-0.05, 0) is 42.0 Å². The molecule has 3 aliphatic rings. The van der Waals surface area contributed by atoms with Gasteiger partial charge in [0.15, 0.2) is 0 Å². The number of ether oxygens (including phenoxy) is 2. The number of hydrogen-bond acceptors (Lipinski definition) is 11. The quantitative estimate of drug-likeness (QED) is 0.172. The molecule has 5 heterocycles. The van der Waals surface area contributed by atoms with Crippen molar-refractivity contribution in [1.82, 2.24) is 14.0 Å². The molecule has 0 radical (unpaired) electrons. The third kappa shape index (κ3) is 5.97. The molecule has 57 heavy (non-hydrogen) atoms. The summed E-state index contributed by atoms with van der Waals surface area (Å²) in [5.74, 6) is -2.75. The molecule has 6 aromatic rings. The van der Waals surface area contributed by atoms with Crippen LogP contribution in [0.2, 0.25) is 0 Å². The minimum Gasteiger partial charge on any atom is -0.494 e. The molecule has 0 atom stereocenters. The lowest BCUT2D eigenvalue weighted by Gasteiger charge is -2.27. The summed E-state index contributed by atoms with van der Waals surface area (Å²) in [6.45, 7) is 1.50. The van der Waals surface area contributed by atoms with Gasteiger partial charge in [-0.15, -0.1) is 0 Å². The summed E-state index contributed by atoms with van der Waals surface area (Å²) in [4.78, 5) is 77.3. The first kappa shape index (κ1) is 35.5. The first-order valence-electron chi connectivity index (χ1n) is 18.4. The molecule has 0 bridgehead atoms. The number of Topliss-reactive ketones (excluding diaryl/α,β-unsaturated/α-hetero) is 2. The molecule has 2 aromatic heterocycles. The van der Waals surface area contributed by atoms with E-state index in [1.807, 2.05) is 0 Å². The molecule has 1 amide bonds. The van der Waals surface area contributed by atoms with Gasteiger partial charge in [-0.2, -0.15) is 0 Å². The lowest BCUT2D eigenvalue weighted by atomic mass is 10.0. The first-order chi connectivity index (χ1) is 27.7. The van der Waals surface area contributed by atoms with Gasteiger partial charge in [0.2, 0.25) is 29.2 Å². The third-order valence-corrected chi connectivity index (χ3v) is 10.4. The summed E-state index contributed by atoms with van der Waals surface area (Å²) < 4.78 is 13.1. The molecule has 14 heteroatoms. The van der Waals surface area contributed by atoms with E-state index in [0.717, 1.165) is 10.1 Å². The lowest BCUT2D eigenvalue weighted by molar-refractivity contribution is -0.143. The van der Waals surface area contributed by atoms with Crippen LogP contribution in [0.4, 0.5) is 16.2 Å². The second-order valence-electron chi connectivity index (χ2n) is 13.8. The summed E-state index contributed by atoms with van der Waals surface area (Å²) >= 11 is 0. The number of esters is 1. The van der Waals surface area contributed by atoms with Crippen LogP contribution >= 0.6 is 0 Å². The van der Waals surface area contributed by atoms with Crippen LogP contribution in [0.5, 0.6) is 11.8 Å². The van der Waals surface area contributed by atoms with Crippen molar-refractivity contribution < 1.29 is 43.7 Å². The highest BCUT2D eigenvalue weighted by Gasteiger charge is 2.35. The van der Waals surface area contributed by atoms with Crippen LogP contribution in [0.1, 0.15) is 55.0 Å². The Hall–Kier alpha value is -7.19. The Kier molecular flexibility index (Phi) is 8.81. The Morgan fingerprint density at radius 3 is 1.95 bits per heavy atom. The largest absolute Gasteiger partial charge is 0.494 e. The van der Waals surface area contributed by atoms with Crippen LogP contribution < -0.4 is 0 Å². The molecular formula is C43H33N5O9. The Morgan fingerprint density at radius 1 is 0.684 bits per heavy atom. The lowest BCUT2D eigenvalue weighted by Crippen LogP contribution is -2.42. The second-order valence-corrected chi connectivity index (χ2v) is 13.8. The van der Waals surface area contributed by atoms with Gasteiger partial charge < -0.3 is 24.6 Å². The fourth-order valence-corrected chi connectivity index (χ4v) is 7.65. The summed E-state index contributed by atoms with van der Waals surface area (Å²) in [5, 5.41) is 23.7. The zero-order valence-corrected chi connectivity index (χ0v) is 30.3. The molecular weight excluding hydrogens is 730 g/mol. The van der Waals surface area contributed by atoms with Crippen molar-refractivity contribution in [2.24, 2.45) is 9.98 Å². The van der Waals surface area contributed by atoms with Crippen LogP contribution in [-0.2, 0) is 20.7 Å². The topological polar surface area (TPSA) is 182 Å². The number of fused-ring (bicyclic) bond motifs is 4. The Labute approximate surface area is 323 Å². The van der Waals surface area contributed by atoms with Gasteiger partial charge in [-0.25, -0.2) is 23.9 Å². The molecule has 0 saturated carbocycles. The summed E-state index contributed by atoms with van der Waals surface area (Å²) in [5.41, 5.74) is 3.52. The van der Waals surface area contributed by atoms with E-state index in [4.69, 9.17) is 9.47 Å². The molecule has 1 saturated heterocycles. The fraction of sp³-hybridized carbons (Fsp3) is 0.186. The third-order valence-electron chi connectivity index (χ3n) is 10.4. The van der Waals surface area contributed by atoms with E-state index in [2.05, 4.69) is 9.98 Å². The molecule has 1 fully saturated rings. The summed E-state index contributed by atoms with van der Waals surface area (Å²) in [6, 6.07) is 25.2. The maximum absolute atomic E-state index is 13.6. The van der Waals surface area contributed by atoms with Crippen molar-refractivity contribution in [1.29, 1.82) is 0 Å². The average molecular weight is 764 g/mol. The van der Waals surface area contributed by atoms with Gasteiger partial charge in [0, 0.05) is 47.8 Å². The number of carbonyl (C=O) groups excluding carboxylic acids is 5. The fourth-order valence-electron chi connectivity index (χ4n) is 7.65. The molecule has 3 aliphatic heterocycles. The molecule has 9 rings (SSSR count). The number of carbonyl (C=O) groups is 5. The van der Waals surface area contributed by atoms with Crippen LogP contribution in [-0.4, -0.2) is 98.1 Å². The van der Waals surface area contributed by atoms with E-state index < -0.39 is 29.6 Å². The number of nitrogens with zero attached hydrogens (tertiary/aromatic N) is 5. The van der Waals surface area contributed by atoms with Gasteiger partial charge in [0.1, 0.15) is 11.4 Å². The van der Waals surface area contributed by atoms with Crippen LogP contribution in [0.25, 0.3) is 21.8 Å². The maximum Gasteiger partial charge on any atom is 0.331 e. The van der Waals surface area contributed by atoms with Gasteiger partial charge in [-0.1, -0.05) is 54.6 Å². The first-order valence-corrected chi connectivity index (χ1v) is 18.4. The van der Waals surface area contributed by atoms with Crippen molar-refractivity contribution >= 4 is 74.1 Å². The van der Waals surface area contributed by atoms with Gasteiger partial charge in [-0.3, -0.25) is 19.2 Å². The predicted octanol–water partition coefficient (Wildman–Crippen LogP) is 6.15. The van der Waals surface area contributed by atoms with Crippen molar-refractivity contribution in [3.05, 3.63) is 119 Å². The minimum absolute atomic E-state index is 0.0153. The SMILES string of the molecule is O=C(CCC(=O)n1c(O)c(C2=Nc3ccccc3C2=O)c2ccccc21)OCCc1ccc2c(c1)N=C(c1c(O)n(C(=O)N3CCOCC3)c3ccccc13)C2=O. The average Bonchev–Trinajstić information content (AvgIpc) is 3.92. The second kappa shape index (κ2) is 14.1. The Balaban J connectivity index is 0.868. The molecule has 2 N–H and O–H groups in total. The number of ketones is 2. The molecule has 284 valence electrons. The highest BCUT2D eigenvalue weighted by atomic mass is 16.5. The van der Waals surface area contributed by atoms with E-state index in [0.29, 0.717) is 70.6 Å². The van der Waals surface area contributed by atoms with Crippen LogP contribution in [0.3, 0.4) is 0 Å². The van der Waals surface area contributed by atoms with E-state index >= 15 is 0 Å². The number of hydrogen-bond donors (Lipinski definition) is 2. The van der Waals surface area contributed by atoms with E-state index in [-0.39, 0.29) is 60.1 Å². The number of aromatic hydroxyl groups is 2. The molecule has 0 spiro atoms. The number of para-hydroxylation sites is 3. The minimum atomic E-state index is -0.625. The van der Waals surface area contributed by atoms with Crippen LogP contribution in [0.15, 0.2) is 101 Å². The van der Waals surface area contributed by atoms with E-state index in [1.54, 1.807) is 95.9 Å². The van der Waals surface area contributed by atoms with Crippen molar-refractivity contribution in [2.75, 3.05) is 32.9 Å². The normalized spacial score (nSPS) is 14.8. The zero-order chi connectivity index (χ0) is 39.4. The van der Waals surface area contributed by atoms with Crippen molar-refractivity contribution in [3.8, 4) is 11.8 Å². The highest BCUT2D eigenvalue weighted by molar-refractivity contribution is 6.57. The molecule has 0 unspecified atom stereocenters. The maximum atomic E-state index is 13.6. The predicted molar refractivity (Wildman–Crippen MR) is 209 cm³/mol. The number of amides is 1. The summed E-state index contributed by atoms with van der Waals surface area (Å²) in [6.07, 6.45) is -0.247. The number of rotatable bonds is 8. The Morgan fingerprint density at radius 2 is 1.26 bits per heavy atom. The molecule has 14 nitrogen and oxygen atoms in total. The molecule has 4 aromatic carbocycles. The monoisotopic (exact) mass is 763 g/mol. The standard InChI is InChI=1S/C43H33N5O9/c49-33(47-31-11-5-2-8-27(31)35(41(47)53)37-39(51)25-7-1-4-10-29(25)44-37)15-16-34(50)57-20-17-24-13-14-26-30(23-24)45-38(40(26)52)36-28-9-3-6-12-32(28)48(42(36)54)43(55)46-18-21-56-22-19-46/h1-14,23,53-54H,15-22H2. The van der Waals surface area contributed by atoms with Crippen molar-refractivity contribution in [2.45, 2.75) is 19.3 Å². The number of morpholine rings is 1. The smallest absolute Gasteiger partial charge is 0.331 e. The number of benzene rings is 4. The van der Waals surface area contributed by atoms with Gasteiger partial charge in [0.05, 0.1) is 59.8 Å². The number of aromatic nitrogens is 2. The van der Waals surface area contributed by atoms with Gasteiger partial charge in [0.25, 0.3) is 0 Å². The van der Waals surface area contributed by atoms with Crippen LogP contribution in [0, 0.1) is 0 Å². The van der Waals surface area contributed by atoms with Gasteiger partial charge >= 0.3 is 12.0 Å². The molecule has 0 aliphatic carbocycles. The van der Waals surface area contributed by atoms with E-state index in [1.165, 1.54) is 4.57 Å². The number of aliphatic imine (C=N–C) groups is 2. The summed E-state index contributed by atoms with van der Waals surface area (Å²) in [7, 11) is 0.